The predicted molar refractivity (Wildman–Crippen MR) is 74.2 cm³/mol. The summed E-state index contributed by atoms with van der Waals surface area (Å²) in [5.74, 6) is 0.665. The fourth-order valence-electron chi connectivity index (χ4n) is 1.73. The number of benzene rings is 1. The van der Waals surface area contributed by atoms with Crippen LogP contribution < -0.4 is 5.73 Å². The second kappa shape index (κ2) is 4.50. The Morgan fingerprint density at radius 3 is 2.39 bits per heavy atom. The van der Waals surface area contributed by atoms with Gasteiger partial charge in [0.15, 0.2) is 0 Å². The first-order valence-electron chi connectivity index (χ1n) is 6.08. The van der Waals surface area contributed by atoms with Crippen molar-refractivity contribution in [2.24, 2.45) is 5.73 Å². The quantitative estimate of drug-likeness (QED) is 0.879. The lowest BCUT2D eigenvalue weighted by atomic mass is 10.0. The number of hydrogen-bond donors (Lipinski definition) is 1. The molecule has 94 valence electrons. The smallest absolute Gasteiger partial charge is 0.148 e. The molecular weight excluding hydrogens is 222 g/mol. The Labute approximate surface area is 108 Å². The fraction of sp³-hybridized carbons (Fsp3) is 0.333. The summed E-state index contributed by atoms with van der Waals surface area (Å²) in [6, 6.07) is 8.25. The van der Waals surface area contributed by atoms with Crippen LogP contribution in [-0.4, -0.2) is 9.97 Å². The highest BCUT2D eigenvalue weighted by molar-refractivity contribution is 5.60. The number of hydrogen-bond acceptors (Lipinski definition) is 3. The van der Waals surface area contributed by atoms with Crippen molar-refractivity contribution < 1.29 is 0 Å². The highest BCUT2D eigenvalue weighted by atomic mass is 14.9. The summed E-state index contributed by atoms with van der Waals surface area (Å²) in [5, 5.41) is 0. The molecule has 1 aromatic carbocycles. The molecule has 1 heterocycles. The van der Waals surface area contributed by atoms with Gasteiger partial charge in [-0.25, -0.2) is 9.97 Å². The summed E-state index contributed by atoms with van der Waals surface area (Å²) in [4.78, 5) is 8.79. The molecule has 2 aromatic rings. The number of rotatable bonds is 2. The third-order valence-corrected chi connectivity index (χ3v) is 3.03. The Morgan fingerprint density at radius 2 is 1.78 bits per heavy atom. The predicted octanol–water partition coefficient (Wildman–Crippen LogP) is 2.95. The van der Waals surface area contributed by atoms with E-state index in [0.29, 0.717) is 5.82 Å². The molecule has 0 atom stereocenters. The van der Waals surface area contributed by atoms with E-state index >= 15 is 0 Å². The molecule has 3 heteroatoms. The van der Waals surface area contributed by atoms with Gasteiger partial charge in [0.05, 0.1) is 11.2 Å². The van der Waals surface area contributed by atoms with E-state index in [4.69, 9.17) is 5.73 Å². The minimum Gasteiger partial charge on any atom is -0.319 e. The van der Waals surface area contributed by atoms with E-state index < -0.39 is 5.54 Å². The zero-order valence-corrected chi connectivity index (χ0v) is 11.4. The molecule has 0 aliphatic carbocycles. The summed E-state index contributed by atoms with van der Waals surface area (Å²) in [6.45, 7) is 8.03. The second-order valence-corrected chi connectivity index (χ2v) is 5.29. The average molecular weight is 241 g/mol. The maximum Gasteiger partial charge on any atom is 0.148 e. The molecular formula is C15H19N3. The van der Waals surface area contributed by atoms with Crippen molar-refractivity contribution in [3.63, 3.8) is 0 Å². The van der Waals surface area contributed by atoms with Gasteiger partial charge < -0.3 is 5.73 Å². The molecule has 0 bridgehead atoms. The molecule has 2 rings (SSSR count). The summed E-state index contributed by atoms with van der Waals surface area (Å²) < 4.78 is 0. The number of nitrogens with zero attached hydrogens (tertiary/aromatic N) is 2. The van der Waals surface area contributed by atoms with Crippen LogP contribution in [0.1, 0.15) is 30.8 Å². The van der Waals surface area contributed by atoms with Gasteiger partial charge in [-0.15, -0.1) is 0 Å². The van der Waals surface area contributed by atoms with E-state index in [1.165, 1.54) is 11.1 Å². The van der Waals surface area contributed by atoms with E-state index in [9.17, 15) is 0 Å². The summed E-state index contributed by atoms with van der Waals surface area (Å²) in [7, 11) is 0. The topological polar surface area (TPSA) is 51.8 Å². The first-order chi connectivity index (χ1) is 8.38. The largest absolute Gasteiger partial charge is 0.319 e. The third kappa shape index (κ3) is 2.57. The maximum atomic E-state index is 6.03. The van der Waals surface area contributed by atoms with Gasteiger partial charge in [-0.2, -0.15) is 0 Å². The Balaban J connectivity index is 2.48. The lowest BCUT2D eigenvalue weighted by Gasteiger charge is -2.17. The molecule has 1 aromatic heterocycles. The Kier molecular flexibility index (Phi) is 3.18. The molecule has 2 N–H and O–H groups in total. The van der Waals surface area contributed by atoms with Crippen LogP contribution in [0.15, 0.2) is 30.5 Å². The molecule has 0 spiro atoms. The number of nitrogens with two attached hydrogens (primary N) is 1. The van der Waals surface area contributed by atoms with Gasteiger partial charge in [-0.1, -0.05) is 12.1 Å². The van der Waals surface area contributed by atoms with Gasteiger partial charge in [0.1, 0.15) is 5.82 Å². The normalized spacial score (nSPS) is 11.6. The van der Waals surface area contributed by atoms with Crippen molar-refractivity contribution in [1.82, 2.24) is 9.97 Å². The molecule has 0 fully saturated rings. The van der Waals surface area contributed by atoms with Crippen LogP contribution in [0.4, 0.5) is 0 Å². The molecule has 3 nitrogen and oxygen atoms in total. The third-order valence-electron chi connectivity index (χ3n) is 3.03. The zero-order valence-electron chi connectivity index (χ0n) is 11.4. The van der Waals surface area contributed by atoms with E-state index in [-0.39, 0.29) is 0 Å². The van der Waals surface area contributed by atoms with Crippen LogP contribution in [0.25, 0.3) is 11.3 Å². The highest BCUT2D eigenvalue weighted by Gasteiger charge is 2.18. The first-order valence-corrected chi connectivity index (χ1v) is 6.08. The monoisotopic (exact) mass is 241 g/mol. The van der Waals surface area contributed by atoms with Gasteiger partial charge in [-0.3, -0.25) is 0 Å². The van der Waals surface area contributed by atoms with Gasteiger partial charge in [0.2, 0.25) is 0 Å². The molecule has 0 unspecified atom stereocenters. The molecule has 0 aliphatic rings. The summed E-state index contributed by atoms with van der Waals surface area (Å²) in [6.07, 6.45) is 1.77. The van der Waals surface area contributed by atoms with E-state index in [1.54, 1.807) is 6.20 Å². The first kappa shape index (κ1) is 12.7. The number of aromatic nitrogens is 2. The minimum atomic E-state index is -0.518. The van der Waals surface area contributed by atoms with Crippen molar-refractivity contribution in [2.75, 3.05) is 0 Å². The highest BCUT2D eigenvalue weighted by Crippen LogP contribution is 2.21. The van der Waals surface area contributed by atoms with Crippen LogP contribution in [0.2, 0.25) is 0 Å². The standard InChI is InChI=1S/C15H19N3/c1-10-5-6-12(9-11(10)2)13-7-8-17-14(18-13)15(3,4)16/h5-9H,16H2,1-4H3. The lowest BCUT2D eigenvalue weighted by Crippen LogP contribution is -2.31. The van der Waals surface area contributed by atoms with Crippen LogP contribution in [0, 0.1) is 13.8 Å². The Hall–Kier alpha value is -1.74. The van der Waals surface area contributed by atoms with Gasteiger partial charge in [0, 0.05) is 11.8 Å². The summed E-state index contributed by atoms with van der Waals surface area (Å²) >= 11 is 0. The maximum absolute atomic E-state index is 6.03. The van der Waals surface area contributed by atoms with E-state index in [0.717, 1.165) is 11.3 Å². The molecule has 0 aliphatic heterocycles. The van der Waals surface area contributed by atoms with Crippen molar-refractivity contribution in [3.05, 3.63) is 47.4 Å². The van der Waals surface area contributed by atoms with E-state index in [1.807, 2.05) is 19.9 Å². The summed E-state index contributed by atoms with van der Waals surface area (Å²) in [5.41, 5.74) is 10.1. The van der Waals surface area contributed by atoms with Crippen LogP contribution >= 0.6 is 0 Å². The molecule has 0 radical (unpaired) electrons. The van der Waals surface area contributed by atoms with Crippen LogP contribution in [0.5, 0.6) is 0 Å². The van der Waals surface area contributed by atoms with Crippen LogP contribution in [0.3, 0.4) is 0 Å². The van der Waals surface area contributed by atoms with Crippen molar-refractivity contribution in [3.8, 4) is 11.3 Å². The van der Waals surface area contributed by atoms with Crippen LogP contribution in [-0.2, 0) is 5.54 Å². The zero-order chi connectivity index (χ0) is 13.3. The SMILES string of the molecule is Cc1ccc(-c2ccnc(C(C)(C)N)n2)cc1C. The Morgan fingerprint density at radius 1 is 1.06 bits per heavy atom. The fourth-order valence-corrected chi connectivity index (χ4v) is 1.73. The molecule has 18 heavy (non-hydrogen) atoms. The second-order valence-electron chi connectivity index (χ2n) is 5.29. The molecule has 0 saturated heterocycles. The van der Waals surface area contributed by atoms with Gasteiger partial charge >= 0.3 is 0 Å². The van der Waals surface area contributed by atoms with Crippen molar-refractivity contribution >= 4 is 0 Å². The lowest BCUT2D eigenvalue weighted by molar-refractivity contribution is 0.514. The van der Waals surface area contributed by atoms with Crippen molar-refractivity contribution in [2.45, 2.75) is 33.2 Å². The van der Waals surface area contributed by atoms with E-state index in [2.05, 4.69) is 42.0 Å². The number of aryl methyl sites for hydroxylation is 2. The minimum absolute atomic E-state index is 0.518. The van der Waals surface area contributed by atoms with Gasteiger partial charge in [-0.05, 0) is 51.0 Å². The average Bonchev–Trinajstić information content (AvgIpc) is 2.32. The molecule has 0 saturated carbocycles. The molecule has 0 amide bonds. The van der Waals surface area contributed by atoms with Gasteiger partial charge in [0.25, 0.3) is 0 Å². The Bertz CT molecular complexity index is 568. The van der Waals surface area contributed by atoms with Crippen molar-refractivity contribution in [1.29, 1.82) is 0 Å².